The van der Waals surface area contributed by atoms with Crippen LogP contribution in [0.2, 0.25) is 0 Å². The van der Waals surface area contributed by atoms with Crippen LogP contribution in [0, 0.1) is 0 Å². The molecule has 0 aliphatic carbocycles. The van der Waals surface area contributed by atoms with Crippen molar-refractivity contribution in [3.05, 3.63) is 30.1 Å². The summed E-state index contributed by atoms with van der Waals surface area (Å²) >= 11 is 0. The maximum atomic E-state index is 11.4. The Bertz CT molecular complexity index is 273. The van der Waals surface area contributed by atoms with Gasteiger partial charge in [-0.2, -0.15) is 0 Å². The van der Waals surface area contributed by atoms with E-state index in [9.17, 15) is 4.79 Å². The zero-order valence-corrected chi connectivity index (χ0v) is 7.53. The average molecular weight is 179 g/mol. The second kappa shape index (κ2) is 4.57. The van der Waals surface area contributed by atoms with E-state index in [0.717, 1.165) is 0 Å². The predicted molar refractivity (Wildman–Crippen MR) is 50.2 cm³/mol. The maximum absolute atomic E-state index is 11.4. The number of hydrogen-bond donors (Lipinski definition) is 2. The van der Waals surface area contributed by atoms with Gasteiger partial charge in [0.15, 0.2) is 0 Å². The van der Waals surface area contributed by atoms with E-state index in [1.165, 1.54) is 6.20 Å². The Morgan fingerprint density at radius 2 is 2.54 bits per heavy atom. The molecule has 1 aromatic rings. The van der Waals surface area contributed by atoms with Gasteiger partial charge in [0.2, 0.25) is 0 Å². The minimum atomic E-state index is -0.133. The van der Waals surface area contributed by atoms with E-state index in [-0.39, 0.29) is 11.9 Å². The lowest BCUT2D eigenvalue weighted by Crippen LogP contribution is -2.37. The molecular weight excluding hydrogens is 166 g/mol. The zero-order valence-electron chi connectivity index (χ0n) is 7.53. The Morgan fingerprint density at radius 1 is 1.77 bits per heavy atom. The molecule has 0 saturated carbocycles. The van der Waals surface area contributed by atoms with Gasteiger partial charge in [-0.15, -0.1) is 0 Å². The molecule has 0 spiro atoms. The third-order valence-corrected chi connectivity index (χ3v) is 1.65. The van der Waals surface area contributed by atoms with Gasteiger partial charge >= 0.3 is 0 Å². The van der Waals surface area contributed by atoms with E-state index in [2.05, 4.69) is 10.3 Å². The Balaban J connectivity index is 2.59. The molecular formula is C9H13N3O. The molecule has 13 heavy (non-hydrogen) atoms. The fraction of sp³-hybridized carbons (Fsp3) is 0.333. The van der Waals surface area contributed by atoms with Gasteiger partial charge in [0.25, 0.3) is 5.91 Å². The van der Waals surface area contributed by atoms with Crippen molar-refractivity contribution in [1.82, 2.24) is 10.3 Å². The number of aromatic nitrogens is 1. The molecule has 0 bridgehead atoms. The first kappa shape index (κ1) is 9.67. The summed E-state index contributed by atoms with van der Waals surface area (Å²) in [5.74, 6) is -0.133. The van der Waals surface area contributed by atoms with Crippen LogP contribution in [0.3, 0.4) is 0 Å². The van der Waals surface area contributed by atoms with Crippen LogP contribution in [0.5, 0.6) is 0 Å². The lowest BCUT2D eigenvalue weighted by Gasteiger charge is -2.10. The highest BCUT2D eigenvalue weighted by atomic mass is 16.1. The lowest BCUT2D eigenvalue weighted by atomic mass is 10.2. The van der Waals surface area contributed by atoms with Crippen molar-refractivity contribution in [3.63, 3.8) is 0 Å². The first-order valence-electron chi connectivity index (χ1n) is 4.15. The SMILES string of the molecule is CC(CN)NC(=O)c1cccnc1. The van der Waals surface area contributed by atoms with E-state index >= 15 is 0 Å². The molecule has 4 nitrogen and oxygen atoms in total. The minimum absolute atomic E-state index is 0.00675. The molecule has 0 radical (unpaired) electrons. The van der Waals surface area contributed by atoms with Crippen LogP contribution in [0.15, 0.2) is 24.5 Å². The van der Waals surface area contributed by atoms with E-state index in [0.29, 0.717) is 12.1 Å². The summed E-state index contributed by atoms with van der Waals surface area (Å²) < 4.78 is 0. The highest BCUT2D eigenvalue weighted by molar-refractivity contribution is 5.93. The number of nitrogens with two attached hydrogens (primary N) is 1. The summed E-state index contributed by atoms with van der Waals surface area (Å²) in [6.45, 7) is 2.29. The molecule has 1 atom stereocenters. The molecule has 0 aromatic carbocycles. The smallest absolute Gasteiger partial charge is 0.253 e. The summed E-state index contributed by atoms with van der Waals surface area (Å²) in [4.78, 5) is 15.3. The molecule has 1 rings (SSSR count). The number of carbonyl (C=O) groups is 1. The van der Waals surface area contributed by atoms with Crippen LogP contribution in [0.1, 0.15) is 17.3 Å². The van der Waals surface area contributed by atoms with Gasteiger partial charge in [-0.3, -0.25) is 9.78 Å². The summed E-state index contributed by atoms with van der Waals surface area (Å²) in [5.41, 5.74) is 5.93. The van der Waals surface area contributed by atoms with Gasteiger partial charge in [-0.25, -0.2) is 0 Å². The first-order chi connectivity index (χ1) is 6.24. The summed E-state index contributed by atoms with van der Waals surface area (Å²) in [5, 5.41) is 2.74. The van der Waals surface area contributed by atoms with Crippen molar-refractivity contribution < 1.29 is 4.79 Å². The van der Waals surface area contributed by atoms with Crippen LogP contribution in [-0.2, 0) is 0 Å². The molecule has 70 valence electrons. The van der Waals surface area contributed by atoms with Crippen LogP contribution in [-0.4, -0.2) is 23.5 Å². The Kier molecular flexibility index (Phi) is 3.40. The largest absolute Gasteiger partial charge is 0.348 e. The zero-order chi connectivity index (χ0) is 9.68. The minimum Gasteiger partial charge on any atom is -0.348 e. The van der Waals surface area contributed by atoms with E-state index in [4.69, 9.17) is 5.73 Å². The van der Waals surface area contributed by atoms with E-state index in [1.54, 1.807) is 18.3 Å². The fourth-order valence-corrected chi connectivity index (χ4v) is 0.863. The molecule has 0 fully saturated rings. The molecule has 0 saturated heterocycles. The summed E-state index contributed by atoms with van der Waals surface area (Å²) in [6.07, 6.45) is 3.15. The Morgan fingerprint density at radius 3 is 3.08 bits per heavy atom. The molecule has 0 aliphatic heterocycles. The molecule has 0 aliphatic rings. The third-order valence-electron chi connectivity index (χ3n) is 1.65. The van der Waals surface area contributed by atoms with Gasteiger partial charge in [0, 0.05) is 25.0 Å². The molecule has 1 heterocycles. The second-order valence-electron chi connectivity index (χ2n) is 2.85. The van der Waals surface area contributed by atoms with E-state index in [1.807, 2.05) is 6.92 Å². The summed E-state index contributed by atoms with van der Waals surface area (Å²) in [6, 6.07) is 3.43. The number of nitrogens with one attached hydrogen (secondary N) is 1. The third kappa shape index (κ3) is 2.83. The molecule has 4 heteroatoms. The van der Waals surface area contributed by atoms with Gasteiger partial charge in [0.1, 0.15) is 0 Å². The summed E-state index contributed by atoms with van der Waals surface area (Å²) in [7, 11) is 0. The Hall–Kier alpha value is -1.42. The number of hydrogen-bond acceptors (Lipinski definition) is 3. The van der Waals surface area contributed by atoms with Crippen molar-refractivity contribution in [2.24, 2.45) is 5.73 Å². The van der Waals surface area contributed by atoms with Crippen LogP contribution < -0.4 is 11.1 Å². The number of rotatable bonds is 3. The molecule has 1 unspecified atom stereocenters. The standard InChI is InChI=1S/C9H13N3O/c1-7(5-10)12-9(13)8-3-2-4-11-6-8/h2-4,6-7H,5,10H2,1H3,(H,12,13). The number of carbonyl (C=O) groups excluding carboxylic acids is 1. The van der Waals surface area contributed by atoms with Gasteiger partial charge < -0.3 is 11.1 Å². The second-order valence-corrected chi connectivity index (χ2v) is 2.85. The van der Waals surface area contributed by atoms with Crippen LogP contribution in [0.4, 0.5) is 0 Å². The first-order valence-corrected chi connectivity index (χ1v) is 4.15. The number of nitrogens with zero attached hydrogens (tertiary/aromatic N) is 1. The Labute approximate surface area is 77.2 Å². The van der Waals surface area contributed by atoms with Gasteiger partial charge in [-0.1, -0.05) is 0 Å². The highest BCUT2D eigenvalue weighted by Gasteiger charge is 2.07. The monoisotopic (exact) mass is 179 g/mol. The number of pyridine rings is 1. The average Bonchev–Trinajstić information content (AvgIpc) is 2.19. The van der Waals surface area contributed by atoms with Crippen molar-refractivity contribution >= 4 is 5.91 Å². The van der Waals surface area contributed by atoms with Crippen molar-refractivity contribution in [2.45, 2.75) is 13.0 Å². The predicted octanol–water partition coefficient (Wildman–Crippen LogP) is 0.159. The van der Waals surface area contributed by atoms with Gasteiger partial charge in [-0.05, 0) is 19.1 Å². The van der Waals surface area contributed by atoms with Crippen LogP contribution in [0.25, 0.3) is 0 Å². The number of amides is 1. The molecule has 1 aromatic heterocycles. The highest BCUT2D eigenvalue weighted by Crippen LogP contribution is 1.95. The van der Waals surface area contributed by atoms with Crippen molar-refractivity contribution in [1.29, 1.82) is 0 Å². The van der Waals surface area contributed by atoms with Crippen molar-refractivity contribution in [2.75, 3.05) is 6.54 Å². The maximum Gasteiger partial charge on any atom is 0.253 e. The topological polar surface area (TPSA) is 68.0 Å². The van der Waals surface area contributed by atoms with E-state index < -0.39 is 0 Å². The lowest BCUT2D eigenvalue weighted by molar-refractivity contribution is 0.0941. The van der Waals surface area contributed by atoms with Crippen molar-refractivity contribution in [3.8, 4) is 0 Å². The normalized spacial score (nSPS) is 12.2. The molecule has 3 N–H and O–H groups in total. The quantitative estimate of drug-likeness (QED) is 0.694. The fourth-order valence-electron chi connectivity index (χ4n) is 0.863. The van der Waals surface area contributed by atoms with Gasteiger partial charge in [0.05, 0.1) is 5.56 Å². The molecule has 1 amide bonds. The van der Waals surface area contributed by atoms with Crippen LogP contribution >= 0.6 is 0 Å².